The Balaban J connectivity index is 1.52. The highest BCUT2D eigenvalue weighted by Crippen LogP contribution is 2.26. The predicted molar refractivity (Wildman–Crippen MR) is 89.6 cm³/mol. The van der Waals surface area contributed by atoms with Crippen molar-refractivity contribution in [3.05, 3.63) is 53.6 Å². The SMILES string of the molecule is Cn1nccc1C(=O)N1C[C@@H]2[C@@H](C1)OCC(=O)N2Cc1ccc(F)cc1. The largest absolute Gasteiger partial charge is 0.364 e. The van der Waals surface area contributed by atoms with E-state index in [4.69, 9.17) is 4.74 Å². The van der Waals surface area contributed by atoms with Crippen LogP contribution in [-0.2, 0) is 23.1 Å². The summed E-state index contributed by atoms with van der Waals surface area (Å²) in [5, 5.41) is 4.03. The van der Waals surface area contributed by atoms with Crippen molar-refractivity contribution >= 4 is 11.8 Å². The van der Waals surface area contributed by atoms with E-state index < -0.39 is 0 Å². The number of fused-ring (bicyclic) bond motifs is 1. The van der Waals surface area contributed by atoms with Crippen LogP contribution < -0.4 is 0 Å². The summed E-state index contributed by atoms with van der Waals surface area (Å²) in [7, 11) is 1.72. The van der Waals surface area contributed by atoms with Crippen LogP contribution in [-0.4, -0.2) is 63.2 Å². The van der Waals surface area contributed by atoms with Crippen molar-refractivity contribution in [3.8, 4) is 0 Å². The number of rotatable bonds is 3. The van der Waals surface area contributed by atoms with Gasteiger partial charge in [-0.15, -0.1) is 0 Å². The second-order valence-electron chi connectivity index (χ2n) is 6.62. The van der Waals surface area contributed by atoms with E-state index in [0.717, 1.165) is 5.56 Å². The number of carbonyl (C=O) groups is 2. The number of aryl methyl sites for hydroxylation is 1. The first kappa shape index (κ1) is 16.7. The first-order valence-corrected chi connectivity index (χ1v) is 8.46. The third kappa shape index (κ3) is 2.96. The molecule has 2 fully saturated rings. The Labute approximate surface area is 149 Å². The van der Waals surface area contributed by atoms with E-state index in [-0.39, 0.29) is 36.4 Å². The highest BCUT2D eigenvalue weighted by molar-refractivity contribution is 5.93. The molecule has 0 saturated carbocycles. The van der Waals surface area contributed by atoms with Gasteiger partial charge in [0.25, 0.3) is 5.91 Å². The predicted octanol–water partition coefficient (Wildman–Crippen LogP) is 0.811. The fraction of sp³-hybridized carbons (Fsp3) is 0.389. The number of morpholine rings is 1. The van der Waals surface area contributed by atoms with Gasteiger partial charge in [-0.05, 0) is 23.8 Å². The average molecular weight is 358 g/mol. The molecular weight excluding hydrogens is 339 g/mol. The molecule has 1 aromatic carbocycles. The fourth-order valence-corrected chi connectivity index (χ4v) is 3.57. The van der Waals surface area contributed by atoms with Crippen LogP contribution in [0.5, 0.6) is 0 Å². The molecule has 26 heavy (non-hydrogen) atoms. The summed E-state index contributed by atoms with van der Waals surface area (Å²) in [5.74, 6) is -0.559. The summed E-state index contributed by atoms with van der Waals surface area (Å²) in [6.07, 6.45) is 1.36. The maximum Gasteiger partial charge on any atom is 0.272 e. The van der Waals surface area contributed by atoms with E-state index in [9.17, 15) is 14.0 Å². The zero-order valence-corrected chi connectivity index (χ0v) is 14.3. The van der Waals surface area contributed by atoms with Gasteiger partial charge in [0.15, 0.2) is 0 Å². The molecule has 2 amide bonds. The van der Waals surface area contributed by atoms with Gasteiger partial charge < -0.3 is 14.5 Å². The number of amides is 2. The summed E-state index contributed by atoms with van der Waals surface area (Å²) >= 11 is 0. The van der Waals surface area contributed by atoms with Crippen molar-refractivity contribution in [3.63, 3.8) is 0 Å². The maximum atomic E-state index is 13.1. The number of ether oxygens (including phenoxy) is 1. The van der Waals surface area contributed by atoms with Gasteiger partial charge in [-0.1, -0.05) is 12.1 Å². The molecule has 0 unspecified atom stereocenters. The number of likely N-dealkylation sites (tertiary alicyclic amines) is 1. The number of carbonyl (C=O) groups excluding carboxylic acids is 2. The maximum absolute atomic E-state index is 13.1. The Morgan fingerprint density at radius 3 is 2.73 bits per heavy atom. The minimum absolute atomic E-state index is 0.00387. The lowest BCUT2D eigenvalue weighted by atomic mass is 10.1. The molecule has 0 bridgehead atoms. The number of aromatic nitrogens is 2. The average Bonchev–Trinajstić information content (AvgIpc) is 3.25. The molecule has 2 aliphatic heterocycles. The fourth-order valence-electron chi connectivity index (χ4n) is 3.57. The quantitative estimate of drug-likeness (QED) is 0.814. The second-order valence-corrected chi connectivity index (χ2v) is 6.62. The van der Waals surface area contributed by atoms with Crippen LogP contribution in [0, 0.1) is 5.82 Å². The molecule has 2 atom stereocenters. The number of nitrogens with zero attached hydrogens (tertiary/aromatic N) is 4. The normalized spacial score (nSPS) is 22.6. The molecule has 2 aliphatic rings. The van der Waals surface area contributed by atoms with Crippen molar-refractivity contribution in [2.75, 3.05) is 19.7 Å². The molecular formula is C18H19FN4O3. The van der Waals surface area contributed by atoms with Gasteiger partial charge in [-0.25, -0.2) is 4.39 Å². The number of hydrogen-bond acceptors (Lipinski definition) is 4. The molecule has 3 heterocycles. The Morgan fingerprint density at radius 2 is 2.04 bits per heavy atom. The monoisotopic (exact) mass is 358 g/mol. The lowest BCUT2D eigenvalue weighted by Gasteiger charge is -2.36. The number of halogens is 1. The number of benzene rings is 1. The summed E-state index contributed by atoms with van der Waals surface area (Å²) in [6.45, 7) is 1.21. The van der Waals surface area contributed by atoms with Gasteiger partial charge in [0.05, 0.1) is 12.1 Å². The zero-order chi connectivity index (χ0) is 18.3. The van der Waals surface area contributed by atoms with E-state index >= 15 is 0 Å². The lowest BCUT2D eigenvalue weighted by molar-refractivity contribution is -0.153. The van der Waals surface area contributed by atoms with Crippen LogP contribution in [0.4, 0.5) is 4.39 Å². The van der Waals surface area contributed by atoms with Crippen molar-refractivity contribution in [1.29, 1.82) is 0 Å². The van der Waals surface area contributed by atoms with Crippen molar-refractivity contribution in [1.82, 2.24) is 19.6 Å². The van der Waals surface area contributed by atoms with E-state index in [1.807, 2.05) is 0 Å². The Bertz CT molecular complexity index is 835. The first-order chi connectivity index (χ1) is 12.5. The third-order valence-electron chi connectivity index (χ3n) is 4.97. The van der Waals surface area contributed by atoms with Crippen molar-refractivity contribution in [2.24, 2.45) is 7.05 Å². The lowest BCUT2D eigenvalue weighted by Crippen LogP contribution is -2.53. The molecule has 0 spiro atoms. The van der Waals surface area contributed by atoms with Crippen LogP contribution >= 0.6 is 0 Å². The summed E-state index contributed by atoms with van der Waals surface area (Å²) < 4.78 is 20.3. The van der Waals surface area contributed by atoms with Gasteiger partial charge in [0, 0.05) is 32.9 Å². The van der Waals surface area contributed by atoms with Crippen molar-refractivity contribution < 1.29 is 18.7 Å². The summed E-state index contributed by atoms with van der Waals surface area (Å²) in [5.41, 5.74) is 1.34. The van der Waals surface area contributed by atoms with Crippen LogP contribution in [0.25, 0.3) is 0 Å². The van der Waals surface area contributed by atoms with Gasteiger partial charge in [-0.3, -0.25) is 14.3 Å². The molecule has 2 saturated heterocycles. The second kappa shape index (κ2) is 6.53. The van der Waals surface area contributed by atoms with Gasteiger partial charge in [0.2, 0.25) is 5.91 Å². The molecule has 136 valence electrons. The van der Waals surface area contributed by atoms with Gasteiger partial charge in [-0.2, -0.15) is 5.10 Å². The van der Waals surface area contributed by atoms with Crippen LogP contribution in [0.3, 0.4) is 0 Å². The zero-order valence-electron chi connectivity index (χ0n) is 14.3. The molecule has 4 rings (SSSR count). The Hall–Kier alpha value is -2.74. The van der Waals surface area contributed by atoms with Crippen molar-refractivity contribution in [2.45, 2.75) is 18.7 Å². The summed E-state index contributed by atoms with van der Waals surface area (Å²) in [6, 6.07) is 7.56. The highest BCUT2D eigenvalue weighted by atomic mass is 19.1. The highest BCUT2D eigenvalue weighted by Gasteiger charge is 2.44. The smallest absolute Gasteiger partial charge is 0.272 e. The van der Waals surface area contributed by atoms with Crippen LogP contribution in [0.15, 0.2) is 36.5 Å². The van der Waals surface area contributed by atoms with E-state index in [1.54, 1.807) is 41.2 Å². The topological polar surface area (TPSA) is 67.7 Å². The molecule has 0 aliphatic carbocycles. The molecule has 1 aromatic heterocycles. The Kier molecular flexibility index (Phi) is 4.20. The molecule has 7 nitrogen and oxygen atoms in total. The van der Waals surface area contributed by atoms with E-state index in [1.165, 1.54) is 16.8 Å². The summed E-state index contributed by atoms with van der Waals surface area (Å²) in [4.78, 5) is 28.5. The molecule has 2 aromatic rings. The van der Waals surface area contributed by atoms with E-state index in [2.05, 4.69) is 5.10 Å². The first-order valence-electron chi connectivity index (χ1n) is 8.46. The van der Waals surface area contributed by atoms with Crippen LogP contribution in [0.2, 0.25) is 0 Å². The number of hydrogen-bond donors (Lipinski definition) is 0. The molecule has 0 N–H and O–H groups in total. The third-order valence-corrected chi connectivity index (χ3v) is 4.97. The minimum Gasteiger partial charge on any atom is -0.364 e. The van der Waals surface area contributed by atoms with Crippen LogP contribution in [0.1, 0.15) is 16.1 Å². The van der Waals surface area contributed by atoms with E-state index in [0.29, 0.717) is 25.3 Å². The molecule has 0 radical (unpaired) electrons. The Morgan fingerprint density at radius 1 is 1.27 bits per heavy atom. The minimum atomic E-state index is -0.311. The molecule has 8 heteroatoms. The standard InChI is InChI=1S/C18H19FN4O3/c1-21-14(6-7-20-21)18(25)22-9-15-16(10-22)26-11-17(24)23(15)8-12-2-4-13(19)5-3-12/h2-7,15-16H,8-11H2,1H3/t15-,16-/m1/s1. The van der Waals surface area contributed by atoms with Gasteiger partial charge in [0.1, 0.15) is 18.1 Å². The van der Waals surface area contributed by atoms with Gasteiger partial charge >= 0.3 is 0 Å².